The number of nitro groups is 1. The van der Waals surface area contributed by atoms with Crippen LogP contribution in [0.15, 0.2) is 11.6 Å². The van der Waals surface area contributed by atoms with Gasteiger partial charge in [-0.25, -0.2) is 0 Å². The lowest BCUT2D eigenvalue weighted by Gasteiger charge is -2.28. The summed E-state index contributed by atoms with van der Waals surface area (Å²) in [6.07, 6.45) is 3.63. The molecule has 1 atom stereocenters. The molecule has 20 heavy (non-hydrogen) atoms. The Hall–Kier alpha value is -1.67. The molecule has 3 rings (SSSR count). The number of anilines is 1. The quantitative estimate of drug-likeness (QED) is 0.692. The summed E-state index contributed by atoms with van der Waals surface area (Å²) >= 11 is 1.39. The van der Waals surface area contributed by atoms with E-state index < -0.39 is 0 Å². The fraction of sp³-hybridized carbons (Fsp3) is 0.583. The molecule has 0 aromatic carbocycles. The normalized spacial score (nSPS) is 18.2. The van der Waals surface area contributed by atoms with Crippen LogP contribution >= 0.6 is 11.3 Å². The maximum Gasteiger partial charge on any atom is 0.372 e. The SMILES string of the molecule is CC(Nc1nc2sccn2c1[N+](=O)[O-])C1CCOCC1. The molecule has 7 nitrogen and oxygen atoms in total. The van der Waals surface area contributed by atoms with Gasteiger partial charge < -0.3 is 20.2 Å². The first-order chi connectivity index (χ1) is 9.66. The molecule has 1 aliphatic heterocycles. The highest BCUT2D eigenvalue weighted by atomic mass is 32.1. The number of fused-ring (bicyclic) bond motifs is 1. The van der Waals surface area contributed by atoms with Crippen LogP contribution in [0.1, 0.15) is 19.8 Å². The smallest absolute Gasteiger partial charge is 0.372 e. The largest absolute Gasteiger partial charge is 0.381 e. The average Bonchev–Trinajstić information content (AvgIpc) is 2.99. The number of thiazole rings is 1. The highest BCUT2D eigenvalue weighted by Crippen LogP contribution is 2.30. The molecular formula is C12H16N4O3S. The van der Waals surface area contributed by atoms with E-state index in [0.717, 1.165) is 26.1 Å². The number of hydrogen-bond acceptors (Lipinski definition) is 6. The van der Waals surface area contributed by atoms with E-state index in [4.69, 9.17) is 4.74 Å². The van der Waals surface area contributed by atoms with Crippen LogP contribution in [0.3, 0.4) is 0 Å². The Labute approximate surface area is 119 Å². The second kappa shape index (κ2) is 5.37. The molecule has 0 bridgehead atoms. The van der Waals surface area contributed by atoms with Crippen LogP contribution in [0.5, 0.6) is 0 Å². The number of ether oxygens (including phenoxy) is 1. The van der Waals surface area contributed by atoms with Crippen molar-refractivity contribution >= 4 is 27.9 Å². The Kier molecular flexibility index (Phi) is 3.58. The number of aromatic nitrogens is 2. The van der Waals surface area contributed by atoms with Crippen LogP contribution < -0.4 is 5.32 Å². The minimum absolute atomic E-state index is 0.0140. The van der Waals surface area contributed by atoms with Crippen molar-refractivity contribution in [3.05, 3.63) is 21.7 Å². The fourth-order valence-electron chi connectivity index (χ4n) is 2.59. The maximum atomic E-state index is 11.2. The van der Waals surface area contributed by atoms with Gasteiger partial charge in [0.25, 0.3) is 4.96 Å². The van der Waals surface area contributed by atoms with Gasteiger partial charge in [0, 0.05) is 24.6 Å². The Morgan fingerprint density at radius 3 is 3.05 bits per heavy atom. The zero-order chi connectivity index (χ0) is 14.1. The molecule has 2 aromatic rings. The summed E-state index contributed by atoms with van der Waals surface area (Å²) in [5.41, 5.74) is 0. The summed E-state index contributed by atoms with van der Waals surface area (Å²) < 4.78 is 6.86. The Bertz CT molecular complexity index is 617. The average molecular weight is 296 g/mol. The Morgan fingerprint density at radius 1 is 1.60 bits per heavy atom. The van der Waals surface area contributed by atoms with Crippen molar-refractivity contribution in [2.75, 3.05) is 18.5 Å². The monoisotopic (exact) mass is 296 g/mol. The predicted molar refractivity (Wildman–Crippen MR) is 76.4 cm³/mol. The number of imidazole rings is 1. The molecule has 1 aliphatic rings. The molecule has 1 fully saturated rings. The van der Waals surface area contributed by atoms with Gasteiger partial charge in [-0.2, -0.15) is 9.38 Å². The first-order valence-corrected chi connectivity index (χ1v) is 7.49. The highest BCUT2D eigenvalue weighted by molar-refractivity contribution is 7.15. The van der Waals surface area contributed by atoms with Crippen LogP contribution in [-0.2, 0) is 4.74 Å². The van der Waals surface area contributed by atoms with E-state index >= 15 is 0 Å². The van der Waals surface area contributed by atoms with Crippen molar-refractivity contribution in [1.29, 1.82) is 0 Å². The van der Waals surface area contributed by atoms with E-state index in [1.54, 1.807) is 11.6 Å². The lowest BCUT2D eigenvalue weighted by Crippen LogP contribution is -2.31. The van der Waals surface area contributed by atoms with Gasteiger partial charge in [0.05, 0.1) is 0 Å². The Balaban J connectivity index is 1.84. The van der Waals surface area contributed by atoms with E-state index in [0.29, 0.717) is 16.7 Å². The molecule has 0 saturated carbocycles. The van der Waals surface area contributed by atoms with Crippen molar-refractivity contribution in [2.45, 2.75) is 25.8 Å². The van der Waals surface area contributed by atoms with Gasteiger partial charge in [0.2, 0.25) is 5.82 Å². The van der Waals surface area contributed by atoms with Crippen LogP contribution in [0.2, 0.25) is 0 Å². The summed E-state index contributed by atoms with van der Waals surface area (Å²) in [6, 6.07) is 0.141. The summed E-state index contributed by atoms with van der Waals surface area (Å²) in [4.78, 5) is 15.8. The molecule has 3 heterocycles. The summed E-state index contributed by atoms with van der Waals surface area (Å²) in [5.74, 6) is 0.837. The predicted octanol–water partition coefficient (Wildman–Crippen LogP) is 2.53. The van der Waals surface area contributed by atoms with Crippen molar-refractivity contribution in [3.63, 3.8) is 0 Å². The molecule has 0 aliphatic carbocycles. The zero-order valence-corrected chi connectivity index (χ0v) is 11.9. The molecule has 8 heteroatoms. The number of rotatable bonds is 4. The molecule has 1 saturated heterocycles. The van der Waals surface area contributed by atoms with Crippen molar-refractivity contribution in [1.82, 2.24) is 9.38 Å². The van der Waals surface area contributed by atoms with Crippen molar-refractivity contribution < 1.29 is 9.66 Å². The van der Waals surface area contributed by atoms with Gasteiger partial charge in [-0.05, 0) is 30.6 Å². The van der Waals surface area contributed by atoms with Gasteiger partial charge in [-0.3, -0.25) is 0 Å². The second-order valence-corrected chi connectivity index (χ2v) is 5.85. The van der Waals surface area contributed by atoms with Gasteiger partial charge in [0.1, 0.15) is 6.20 Å². The van der Waals surface area contributed by atoms with Gasteiger partial charge in [-0.15, -0.1) is 0 Å². The molecule has 2 aromatic heterocycles. The topological polar surface area (TPSA) is 81.7 Å². The minimum Gasteiger partial charge on any atom is -0.381 e. The van der Waals surface area contributed by atoms with Crippen LogP contribution in [0.4, 0.5) is 11.6 Å². The first-order valence-electron chi connectivity index (χ1n) is 6.61. The third-order valence-corrected chi connectivity index (χ3v) is 4.50. The molecule has 0 spiro atoms. The minimum atomic E-state index is -0.383. The van der Waals surface area contributed by atoms with E-state index in [2.05, 4.69) is 10.3 Å². The van der Waals surface area contributed by atoms with E-state index in [1.165, 1.54) is 15.7 Å². The van der Waals surface area contributed by atoms with E-state index in [1.807, 2.05) is 6.92 Å². The summed E-state index contributed by atoms with van der Waals surface area (Å²) in [7, 11) is 0. The van der Waals surface area contributed by atoms with E-state index in [-0.39, 0.29) is 16.8 Å². The van der Waals surface area contributed by atoms with Crippen LogP contribution in [0.25, 0.3) is 4.96 Å². The second-order valence-electron chi connectivity index (χ2n) is 4.98. The van der Waals surface area contributed by atoms with Crippen molar-refractivity contribution in [2.24, 2.45) is 5.92 Å². The Morgan fingerprint density at radius 2 is 2.35 bits per heavy atom. The van der Waals surface area contributed by atoms with Gasteiger partial charge in [0.15, 0.2) is 0 Å². The zero-order valence-electron chi connectivity index (χ0n) is 11.1. The molecule has 108 valence electrons. The highest BCUT2D eigenvalue weighted by Gasteiger charge is 2.27. The lowest BCUT2D eigenvalue weighted by molar-refractivity contribution is -0.389. The van der Waals surface area contributed by atoms with Gasteiger partial charge in [-0.1, -0.05) is 11.3 Å². The number of nitrogens with one attached hydrogen (secondary N) is 1. The summed E-state index contributed by atoms with van der Waals surface area (Å²) in [5, 5.41) is 16.2. The molecular weight excluding hydrogens is 280 g/mol. The third kappa shape index (κ3) is 2.36. The molecule has 1 unspecified atom stereocenters. The van der Waals surface area contributed by atoms with Gasteiger partial charge >= 0.3 is 5.82 Å². The van der Waals surface area contributed by atoms with Crippen molar-refractivity contribution in [3.8, 4) is 0 Å². The third-order valence-electron chi connectivity index (χ3n) is 3.75. The van der Waals surface area contributed by atoms with Crippen LogP contribution in [-0.4, -0.2) is 33.6 Å². The molecule has 0 radical (unpaired) electrons. The number of hydrogen-bond donors (Lipinski definition) is 1. The maximum absolute atomic E-state index is 11.2. The molecule has 1 N–H and O–H groups in total. The van der Waals surface area contributed by atoms with Crippen LogP contribution in [0, 0.1) is 16.0 Å². The summed E-state index contributed by atoms with van der Waals surface area (Å²) in [6.45, 7) is 3.57. The standard InChI is InChI=1S/C12H16N4O3S/c1-8(9-2-5-19-6-3-9)13-10-11(16(17)18)15-4-7-20-12(15)14-10/h4,7-9,13H,2-3,5-6H2,1H3. The molecule has 0 amide bonds. The lowest BCUT2D eigenvalue weighted by atomic mass is 9.93. The first kappa shape index (κ1) is 13.3. The number of nitrogens with zero attached hydrogens (tertiary/aromatic N) is 3. The van der Waals surface area contributed by atoms with E-state index in [9.17, 15) is 10.1 Å². The fourth-order valence-corrected chi connectivity index (χ4v) is 3.30.